The molecule has 24 heavy (non-hydrogen) atoms. The van der Waals surface area contributed by atoms with E-state index < -0.39 is 10.0 Å². The summed E-state index contributed by atoms with van der Waals surface area (Å²) in [6.45, 7) is 6.58. The second-order valence-corrected chi connectivity index (χ2v) is 8.38. The molecule has 1 saturated heterocycles. The number of aromatic nitrogens is 2. The van der Waals surface area contributed by atoms with E-state index in [9.17, 15) is 8.42 Å². The van der Waals surface area contributed by atoms with Crippen LogP contribution in [0.15, 0.2) is 29.2 Å². The number of aromatic amines is 1. The predicted octanol–water partition coefficient (Wildman–Crippen LogP) is 2.19. The molecule has 8 heteroatoms. The van der Waals surface area contributed by atoms with Crippen LogP contribution in [-0.4, -0.2) is 54.0 Å². The fraction of sp³-hybridized carbons (Fsp3) is 0.438. The van der Waals surface area contributed by atoms with Crippen molar-refractivity contribution in [2.75, 3.05) is 26.2 Å². The summed E-state index contributed by atoms with van der Waals surface area (Å²) in [5.41, 5.74) is 2.25. The summed E-state index contributed by atoms with van der Waals surface area (Å²) in [5, 5.41) is 7.47. The fourth-order valence-corrected chi connectivity index (χ4v) is 5.04. The third-order valence-electron chi connectivity index (χ3n) is 4.28. The molecule has 1 aromatic carbocycles. The van der Waals surface area contributed by atoms with Gasteiger partial charge in [0.05, 0.1) is 11.4 Å². The Balaban J connectivity index is 1.67. The maximum atomic E-state index is 12.8. The van der Waals surface area contributed by atoms with E-state index >= 15 is 0 Å². The lowest BCUT2D eigenvalue weighted by molar-refractivity contribution is 0.181. The molecule has 3 rings (SSSR count). The Labute approximate surface area is 147 Å². The number of benzene rings is 1. The molecular formula is C16H21ClN4O2S. The van der Waals surface area contributed by atoms with Gasteiger partial charge in [0.1, 0.15) is 4.90 Å². The van der Waals surface area contributed by atoms with E-state index in [1.807, 2.05) is 24.3 Å². The van der Waals surface area contributed by atoms with Gasteiger partial charge in [0.15, 0.2) is 0 Å². The van der Waals surface area contributed by atoms with Crippen molar-refractivity contribution in [3.63, 3.8) is 0 Å². The first-order valence-corrected chi connectivity index (χ1v) is 9.68. The van der Waals surface area contributed by atoms with E-state index in [0.717, 1.165) is 17.1 Å². The first-order valence-electron chi connectivity index (χ1n) is 7.86. The maximum absolute atomic E-state index is 12.8. The number of rotatable bonds is 4. The third-order valence-corrected chi connectivity index (χ3v) is 6.68. The van der Waals surface area contributed by atoms with Gasteiger partial charge >= 0.3 is 0 Å². The molecule has 6 nitrogen and oxygen atoms in total. The van der Waals surface area contributed by atoms with E-state index in [2.05, 4.69) is 15.1 Å². The number of nitrogens with one attached hydrogen (secondary N) is 1. The molecule has 0 aliphatic carbocycles. The topological polar surface area (TPSA) is 69.3 Å². The molecular weight excluding hydrogens is 348 g/mol. The van der Waals surface area contributed by atoms with E-state index in [0.29, 0.717) is 42.5 Å². The van der Waals surface area contributed by atoms with Gasteiger partial charge in [-0.3, -0.25) is 10.00 Å². The summed E-state index contributed by atoms with van der Waals surface area (Å²) in [4.78, 5) is 2.55. The van der Waals surface area contributed by atoms with Crippen LogP contribution in [0.1, 0.15) is 17.0 Å². The molecule has 0 bridgehead atoms. The summed E-state index contributed by atoms with van der Waals surface area (Å²) >= 11 is 6.02. The Hall–Kier alpha value is -1.41. The summed E-state index contributed by atoms with van der Waals surface area (Å²) in [6.07, 6.45) is 0. The molecule has 0 saturated carbocycles. The first-order chi connectivity index (χ1) is 11.4. The number of halogens is 1. The first kappa shape index (κ1) is 17.4. The smallest absolute Gasteiger partial charge is 0.246 e. The number of hydrogen-bond acceptors (Lipinski definition) is 4. The van der Waals surface area contributed by atoms with Gasteiger partial charge < -0.3 is 0 Å². The second-order valence-electron chi connectivity index (χ2n) is 6.07. The molecule has 1 N–H and O–H groups in total. The molecule has 130 valence electrons. The summed E-state index contributed by atoms with van der Waals surface area (Å²) < 4.78 is 27.2. The summed E-state index contributed by atoms with van der Waals surface area (Å²) in [5.74, 6) is 0. The fourth-order valence-electron chi connectivity index (χ4n) is 3.07. The number of H-pyrrole nitrogens is 1. The van der Waals surface area contributed by atoms with Gasteiger partial charge in [-0.1, -0.05) is 23.7 Å². The molecule has 0 atom stereocenters. The number of piperazine rings is 1. The van der Waals surface area contributed by atoms with Crippen molar-refractivity contribution >= 4 is 21.6 Å². The van der Waals surface area contributed by atoms with Gasteiger partial charge in [0, 0.05) is 37.7 Å². The molecule has 0 radical (unpaired) electrons. The van der Waals surface area contributed by atoms with Crippen molar-refractivity contribution in [3.05, 3.63) is 46.2 Å². The molecule has 1 aliphatic heterocycles. The minimum atomic E-state index is -3.49. The minimum absolute atomic E-state index is 0.311. The highest BCUT2D eigenvalue weighted by molar-refractivity contribution is 7.89. The van der Waals surface area contributed by atoms with Crippen LogP contribution in [0.5, 0.6) is 0 Å². The Kier molecular flexibility index (Phi) is 4.96. The van der Waals surface area contributed by atoms with Gasteiger partial charge in [0.25, 0.3) is 0 Å². The Morgan fingerprint density at radius 3 is 2.50 bits per heavy atom. The number of hydrogen-bond donors (Lipinski definition) is 1. The monoisotopic (exact) mass is 368 g/mol. The van der Waals surface area contributed by atoms with Crippen LogP contribution < -0.4 is 0 Å². The Bertz CT molecular complexity index is 807. The van der Waals surface area contributed by atoms with Crippen LogP contribution in [0, 0.1) is 13.8 Å². The van der Waals surface area contributed by atoms with Crippen LogP contribution in [-0.2, 0) is 16.6 Å². The zero-order valence-electron chi connectivity index (χ0n) is 13.8. The molecule has 0 spiro atoms. The largest absolute Gasteiger partial charge is 0.296 e. The predicted molar refractivity (Wildman–Crippen MR) is 93.5 cm³/mol. The molecule has 1 fully saturated rings. The molecule has 0 amide bonds. The van der Waals surface area contributed by atoms with Crippen LogP contribution >= 0.6 is 11.6 Å². The zero-order valence-corrected chi connectivity index (χ0v) is 15.4. The molecule has 1 aliphatic rings. The van der Waals surface area contributed by atoms with Gasteiger partial charge in [-0.05, 0) is 31.5 Å². The Morgan fingerprint density at radius 1 is 1.21 bits per heavy atom. The van der Waals surface area contributed by atoms with Crippen molar-refractivity contribution in [2.24, 2.45) is 0 Å². The van der Waals surface area contributed by atoms with Crippen LogP contribution in [0.3, 0.4) is 0 Å². The van der Waals surface area contributed by atoms with Crippen LogP contribution in [0.2, 0.25) is 5.02 Å². The molecule has 0 unspecified atom stereocenters. The van der Waals surface area contributed by atoms with Crippen LogP contribution in [0.25, 0.3) is 0 Å². The highest BCUT2D eigenvalue weighted by Gasteiger charge is 2.32. The third kappa shape index (κ3) is 3.49. The number of aryl methyl sites for hydroxylation is 2. The van der Waals surface area contributed by atoms with E-state index in [1.54, 1.807) is 18.2 Å². The van der Waals surface area contributed by atoms with Gasteiger partial charge in [-0.25, -0.2) is 8.42 Å². The Morgan fingerprint density at radius 2 is 1.92 bits per heavy atom. The number of nitrogens with zero attached hydrogens (tertiary/aromatic N) is 3. The van der Waals surface area contributed by atoms with E-state index in [4.69, 9.17) is 11.6 Å². The second kappa shape index (κ2) is 6.84. The van der Waals surface area contributed by atoms with E-state index in [1.165, 1.54) is 0 Å². The lowest BCUT2D eigenvalue weighted by atomic mass is 10.2. The van der Waals surface area contributed by atoms with Gasteiger partial charge in [0.2, 0.25) is 10.0 Å². The quantitative estimate of drug-likeness (QED) is 0.898. The lowest BCUT2D eigenvalue weighted by Crippen LogP contribution is -2.48. The zero-order chi connectivity index (χ0) is 17.3. The summed E-state index contributed by atoms with van der Waals surface area (Å²) in [6, 6.07) is 7.77. The maximum Gasteiger partial charge on any atom is 0.246 e. The molecule has 2 heterocycles. The lowest BCUT2D eigenvalue weighted by Gasteiger charge is -2.34. The average Bonchev–Trinajstić information content (AvgIpc) is 2.87. The highest BCUT2D eigenvalue weighted by Crippen LogP contribution is 2.23. The van der Waals surface area contributed by atoms with Crippen LogP contribution in [0.4, 0.5) is 0 Å². The number of sulfonamides is 1. The van der Waals surface area contributed by atoms with Crippen molar-refractivity contribution < 1.29 is 8.42 Å². The summed E-state index contributed by atoms with van der Waals surface area (Å²) in [7, 11) is -3.49. The standard InChI is InChI=1S/C16H21ClN4O2S/c1-12-16(13(2)19-18-12)24(22,23)21-8-6-20(7-9-21)11-14-4-3-5-15(17)10-14/h3-5,10H,6-9,11H2,1-2H3,(H,18,19). The SMILES string of the molecule is Cc1n[nH]c(C)c1S(=O)(=O)N1CCN(Cc2cccc(Cl)c2)CC1. The van der Waals surface area contributed by atoms with Crippen molar-refractivity contribution in [1.29, 1.82) is 0 Å². The molecule has 1 aromatic heterocycles. The minimum Gasteiger partial charge on any atom is -0.296 e. The van der Waals surface area contributed by atoms with Gasteiger partial charge in [-0.15, -0.1) is 0 Å². The van der Waals surface area contributed by atoms with Crippen molar-refractivity contribution in [1.82, 2.24) is 19.4 Å². The van der Waals surface area contributed by atoms with E-state index in [-0.39, 0.29) is 0 Å². The van der Waals surface area contributed by atoms with Crippen molar-refractivity contribution in [3.8, 4) is 0 Å². The van der Waals surface area contributed by atoms with Gasteiger partial charge in [-0.2, -0.15) is 9.40 Å². The average molecular weight is 369 g/mol. The molecule has 2 aromatic rings. The normalized spacial score (nSPS) is 17.3. The highest BCUT2D eigenvalue weighted by atomic mass is 35.5. The van der Waals surface area contributed by atoms with Crippen molar-refractivity contribution in [2.45, 2.75) is 25.3 Å².